The summed E-state index contributed by atoms with van der Waals surface area (Å²) in [5.41, 5.74) is -0.0297. The molecule has 6 heteroatoms. The Bertz CT molecular complexity index is 448. The smallest absolute Gasteiger partial charge is 0.319 e. The van der Waals surface area contributed by atoms with Crippen LogP contribution < -0.4 is 16.0 Å². The first-order valence-electron chi connectivity index (χ1n) is 6.38. The number of hydrogen-bond acceptors (Lipinski definition) is 2. The number of benzene rings is 1. The first-order chi connectivity index (χ1) is 9.15. The van der Waals surface area contributed by atoms with E-state index < -0.39 is 17.7 Å². The van der Waals surface area contributed by atoms with Gasteiger partial charge < -0.3 is 16.0 Å². The molecule has 19 heavy (non-hydrogen) atoms. The second-order valence-electron chi connectivity index (χ2n) is 4.59. The molecule has 4 nitrogen and oxygen atoms in total. The molecule has 1 aliphatic heterocycles. The van der Waals surface area contributed by atoms with Crippen molar-refractivity contribution in [1.29, 1.82) is 0 Å². The second kappa shape index (κ2) is 6.47. The summed E-state index contributed by atoms with van der Waals surface area (Å²) in [5, 5.41) is 8.32. The second-order valence-corrected chi connectivity index (χ2v) is 4.59. The Morgan fingerprint density at radius 1 is 1.42 bits per heavy atom. The molecule has 1 saturated heterocycles. The molecule has 1 atom stereocenters. The number of rotatable bonds is 4. The maximum atomic E-state index is 13.3. The number of nitrogens with one attached hydrogen (secondary N) is 3. The van der Waals surface area contributed by atoms with Gasteiger partial charge in [0, 0.05) is 18.7 Å². The molecule has 2 rings (SSSR count). The fourth-order valence-electron chi connectivity index (χ4n) is 2.12. The van der Waals surface area contributed by atoms with Crippen molar-refractivity contribution in [3.63, 3.8) is 0 Å². The van der Waals surface area contributed by atoms with E-state index in [4.69, 9.17) is 0 Å². The zero-order valence-corrected chi connectivity index (χ0v) is 10.5. The fraction of sp³-hybridized carbons (Fsp3) is 0.462. The van der Waals surface area contributed by atoms with Crippen LogP contribution in [0.4, 0.5) is 19.3 Å². The Hall–Kier alpha value is -1.69. The largest absolute Gasteiger partial charge is 0.338 e. The van der Waals surface area contributed by atoms with Gasteiger partial charge in [0.05, 0.1) is 5.69 Å². The minimum absolute atomic E-state index is 0.0297. The number of amides is 2. The zero-order chi connectivity index (χ0) is 13.7. The highest BCUT2D eigenvalue weighted by atomic mass is 19.1. The monoisotopic (exact) mass is 269 g/mol. The Balaban J connectivity index is 1.74. The standard InChI is InChI=1S/C13H17F2N3O/c14-9-3-4-12(11(15)8-9)18-13(19)17-7-5-10-2-1-6-16-10/h3-4,8,10,16H,1-2,5-7H2,(H2,17,18,19)/t10-/m0/s1. The van der Waals surface area contributed by atoms with Crippen molar-refractivity contribution < 1.29 is 13.6 Å². The Labute approximate surface area is 110 Å². The van der Waals surface area contributed by atoms with E-state index in [2.05, 4.69) is 16.0 Å². The number of urea groups is 1. The lowest BCUT2D eigenvalue weighted by Gasteiger charge is -2.11. The van der Waals surface area contributed by atoms with Gasteiger partial charge in [-0.15, -0.1) is 0 Å². The number of anilines is 1. The fourth-order valence-corrected chi connectivity index (χ4v) is 2.12. The summed E-state index contributed by atoms with van der Waals surface area (Å²) >= 11 is 0. The third kappa shape index (κ3) is 4.17. The van der Waals surface area contributed by atoms with Gasteiger partial charge in [0.15, 0.2) is 0 Å². The average Bonchev–Trinajstić information content (AvgIpc) is 2.86. The van der Waals surface area contributed by atoms with E-state index in [1.54, 1.807) is 0 Å². The molecule has 1 aromatic carbocycles. The van der Waals surface area contributed by atoms with E-state index in [1.807, 2.05) is 0 Å². The molecule has 1 fully saturated rings. The van der Waals surface area contributed by atoms with Gasteiger partial charge in [0.1, 0.15) is 11.6 Å². The molecule has 1 aliphatic rings. The highest BCUT2D eigenvalue weighted by Gasteiger charge is 2.14. The molecule has 0 unspecified atom stereocenters. The minimum atomic E-state index is -0.785. The van der Waals surface area contributed by atoms with Crippen LogP contribution in [0.1, 0.15) is 19.3 Å². The summed E-state index contributed by atoms with van der Waals surface area (Å²) < 4.78 is 26.0. The molecule has 0 radical (unpaired) electrons. The molecule has 104 valence electrons. The topological polar surface area (TPSA) is 53.2 Å². The van der Waals surface area contributed by atoms with Gasteiger partial charge in [-0.1, -0.05) is 0 Å². The van der Waals surface area contributed by atoms with E-state index in [9.17, 15) is 13.6 Å². The van der Waals surface area contributed by atoms with Gasteiger partial charge in [-0.25, -0.2) is 13.6 Å². The maximum Gasteiger partial charge on any atom is 0.319 e. The van der Waals surface area contributed by atoms with Crippen LogP contribution in [0.5, 0.6) is 0 Å². The average molecular weight is 269 g/mol. The highest BCUT2D eigenvalue weighted by molar-refractivity contribution is 5.89. The van der Waals surface area contributed by atoms with Crippen LogP contribution in [-0.2, 0) is 0 Å². The van der Waals surface area contributed by atoms with E-state index in [-0.39, 0.29) is 5.69 Å². The lowest BCUT2D eigenvalue weighted by Crippen LogP contribution is -2.33. The summed E-state index contributed by atoms with van der Waals surface area (Å²) in [7, 11) is 0. The Morgan fingerprint density at radius 2 is 2.26 bits per heavy atom. The van der Waals surface area contributed by atoms with E-state index in [0.29, 0.717) is 12.6 Å². The summed E-state index contributed by atoms with van der Waals surface area (Å²) in [6, 6.07) is 2.99. The quantitative estimate of drug-likeness (QED) is 0.785. The van der Waals surface area contributed by atoms with Crippen LogP contribution in [0.15, 0.2) is 18.2 Å². The van der Waals surface area contributed by atoms with Crippen LogP contribution in [0, 0.1) is 11.6 Å². The predicted octanol–water partition coefficient (Wildman–Crippen LogP) is 2.23. The molecule has 0 aliphatic carbocycles. The normalized spacial score (nSPS) is 18.3. The van der Waals surface area contributed by atoms with Crippen molar-refractivity contribution in [3.8, 4) is 0 Å². The molecule has 0 bridgehead atoms. The van der Waals surface area contributed by atoms with E-state index >= 15 is 0 Å². The van der Waals surface area contributed by atoms with Crippen molar-refractivity contribution in [3.05, 3.63) is 29.8 Å². The van der Waals surface area contributed by atoms with Crippen molar-refractivity contribution in [2.75, 3.05) is 18.4 Å². The number of carbonyl (C=O) groups excluding carboxylic acids is 1. The maximum absolute atomic E-state index is 13.3. The SMILES string of the molecule is O=C(NCC[C@@H]1CCCN1)Nc1ccc(F)cc1F. The van der Waals surface area contributed by atoms with Crippen molar-refractivity contribution in [1.82, 2.24) is 10.6 Å². The Morgan fingerprint density at radius 3 is 2.95 bits per heavy atom. The first kappa shape index (κ1) is 13.7. The molecule has 2 amide bonds. The Kier molecular flexibility index (Phi) is 4.68. The summed E-state index contributed by atoms with van der Waals surface area (Å²) in [4.78, 5) is 11.5. The number of hydrogen-bond donors (Lipinski definition) is 3. The van der Waals surface area contributed by atoms with Gasteiger partial charge in [-0.3, -0.25) is 0 Å². The zero-order valence-electron chi connectivity index (χ0n) is 10.5. The summed E-state index contributed by atoms with van der Waals surface area (Å²) in [5.74, 6) is -1.46. The van der Waals surface area contributed by atoms with Gasteiger partial charge in [0.2, 0.25) is 0 Å². The van der Waals surface area contributed by atoms with Crippen LogP contribution in [0.25, 0.3) is 0 Å². The van der Waals surface area contributed by atoms with Crippen LogP contribution in [-0.4, -0.2) is 25.2 Å². The van der Waals surface area contributed by atoms with Gasteiger partial charge in [0.25, 0.3) is 0 Å². The first-order valence-corrected chi connectivity index (χ1v) is 6.38. The van der Waals surface area contributed by atoms with Crippen LogP contribution in [0.2, 0.25) is 0 Å². The van der Waals surface area contributed by atoms with Crippen molar-refractivity contribution >= 4 is 11.7 Å². The predicted molar refractivity (Wildman–Crippen MR) is 69.0 cm³/mol. The lowest BCUT2D eigenvalue weighted by atomic mass is 10.1. The molecular weight excluding hydrogens is 252 g/mol. The molecule has 0 saturated carbocycles. The van der Waals surface area contributed by atoms with E-state index in [0.717, 1.165) is 37.9 Å². The van der Waals surface area contributed by atoms with Gasteiger partial charge in [-0.05, 0) is 37.9 Å². The van der Waals surface area contributed by atoms with Crippen molar-refractivity contribution in [2.45, 2.75) is 25.3 Å². The number of halogens is 2. The summed E-state index contributed by atoms with van der Waals surface area (Å²) in [6.07, 6.45) is 3.13. The van der Waals surface area contributed by atoms with Gasteiger partial charge >= 0.3 is 6.03 Å². The molecule has 3 N–H and O–H groups in total. The molecule has 1 heterocycles. The van der Waals surface area contributed by atoms with Crippen LogP contribution >= 0.6 is 0 Å². The molecular formula is C13H17F2N3O. The molecule has 0 spiro atoms. The summed E-state index contributed by atoms with van der Waals surface area (Å²) in [6.45, 7) is 1.55. The van der Waals surface area contributed by atoms with Crippen molar-refractivity contribution in [2.24, 2.45) is 0 Å². The number of carbonyl (C=O) groups is 1. The van der Waals surface area contributed by atoms with E-state index in [1.165, 1.54) is 6.07 Å². The molecule has 1 aromatic rings. The van der Waals surface area contributed by atoms with Crippen LogP contribution in [0.3, 0.4) is 0 Å². The molecule has 0 aromatic heterocycles. The third-order valence-electron chi connectivity index (χ3n) is 3.12. The highest BCUT2D eigenvalue weighted by Crippen LogP contribution is 2.14. The third-order valence-corrected chi connectivity index (χ3v) is 3.12. The minimum Gasteiger partial charge on any atom is -0.338 e. The lowest BCUT2D eigenvalue weighted by molar-refractivity contribution is 0.251. The van der Waals surface area contributed by atoms with Gasteiger partial charge in [-0.2, -0.15) is 0 Å².